The van der Waals surface area contributed by atoms with Gasteiger partial charge in [-0.25, -0.2) is 0 Å². The molecule has 1 aromatic carbocycles. The molecule has 0 bridgehead atoms. The Morgan fingerprint density at radius 2 is 1.89 bits per heavy atom. The first-order valence-corrected chi connectivity index (χ1v) is 9.25. The van der Waals surface area contributed by atoms with E-state index >= 15 is 0 Å². The first-order chi connectivity index (χ1) is 12.6. The van der Waals surface area contributed by atoms with Crippen LogP contribution in [0, 0.1) is 0 Å². The molecule has 8 heteroatoms. The van der Waals surface area contributed by atoms with Crippen molar-refractivity contribution in [3.8, 4) is 5.75 Å². The molecule has 0 radical (unpaired) electrons. The fourth-order valence-electron chi connectivity index (χ4n) is 3.45. The highest BCUT2D eigenvalue weighted by Gasteiger charge is 2.54. The van der Waals surface area contributed by atoms with E-state index in [2.05, 4.69) is 4.74 Å². The SMILES string of the molecule is CC1(C)OB(C2CCN(C(=O)Cc3ccccc3OC(F)F)C2)OC1(C)C. The smallest absolute Gasteiger partial charge is 0.435 e. The Hall–Kier alpha value is -1.67. The molecule has 5 nitrogen and oxygen atoms in total. The van der Waals surface area contributed by atoms with Crippen LogP contribution in [0.15, 0.2) is 24.3 Å². The average Bonchev–Trinajstić information content (AvgIpc) is 3.12. The first kappa shape index (κ1) is 20.1. The summed E-state index contributed by atoms with van der Waals surface area (Å²) in [6, 6.07) is 6.40. The van der Waals surface area contributed by atoms with Crippen LogP contribution in [0.2, 0.25) is 5.82 Å². The third kappa shape index (κ3) is 4.27. The predicted molar refractivity (Wildman–Crippen MR) is 97.8 cm³/mol. The molecular weight excluding hydrogens is 355 g/mol. The van der Waals surface area contributed by atoms with E-state index in [0.29, 0.717) is 18.7 Å². The van der Waals surface area contributed by atoms with Gasteiger partial charge < -0.3 is 18.9 Å². The van der Waals surface area contributed by atoms with Crippen molar-refractivity contribution in [3.63, 3.8) is 0 Å². The summed E-state index contributed by atoms with van der Waals surface area (Å²) in [5.41, 5.74) is -0.344. The van der Waals surface area contributed by atoms with Crippen LogP contribution in [-0.2, 0) is 20.5 Å². The predicted octanol–water partition coefficient (Wildman–Crippen LogP) is 3.53. The first-order valence-electron chi connectivity index (χ1n) is 9.25. The second-order valence-corrected chi connectivity index (χ2v) is 8.18. The minimum absolute atomic E-state index is 0.0268. The van der Waals surface area contributed by atoms with Crippen molar-refractivity contribution >= 4 is 13.0 Å². The van der Waals surface area contributed by atoms with Crippen LogP contribution in [0.25, 0.3) is 0 Å². The van der Waals surface area contributed by atoms with E-state index in [1.165, 1.54) is 6.07 Å². The Kier molecular flexibility index (Phi) is 5.50. The Morgan fingerprint density at radius 1 is 1.26 bits per heavy atom. The molecule has 2 saturated heterocycles. The van der Waals surface area contributed by atoms with Crippen molar-refractivity contribution in [2.24, 2.45) is 0 Å². The molecule has 1 amide bonds. The molecule has 3 rings (SSSR count). The molecule has 27 heavy (non-hydrogen) atoms. The maximum Gasteiger partial charge on any atom is 0.463 e. The number of halogens is 2. The number of ether oxygens (including phenoxy) is 1. The lowest BCUT2D eigenvalue weighted by Crippen LogP contribution is -2.41. The molecule has 0 aliphatic carbocycles. The molecule has 1 atom stereocenters. The fraction of sp³-hybridized carbons (Fsp3) is 0.632. The van der Waals surface area contributed by atoms with Gasteiger partial charge in [0.15, 0.2) is 0 Å². The summed E-state index contributed by atoms with van der Waals surface area (Å²) in [6.07, 6.45) is 0.816. The van der Waals surface area contributed by atoms with Crippen molar-refractivity contribution in [1.29, 1.82) is 0 Å². The number of para-hydroxylation sites is 1. The largest absolute Gasteiger partial charge is 0.463 e. The van der Waals surface area contributed by atoms with Gasteiger partial charge in [-0.2, -0.15) is 8.78 Å². The second kappa shape index (κ2) is 7.39. The molecule has 0 N–H and O–H groups in total. The van der Waals surface area contributed by atoms with Gasteiger partial charge in [-0.05, 0) is 40.2 Å². The van der Waals surface area contributed by atoms with Gasteiger partial charge >= 0.3 is 13.7 Å². The van der Waals surface area contributed by atoms with Gasteiger partial charge in [0.1, 0.15) is 5.75 Å². The number of carbonyl (C=O) groups is 1. The molecule has 148 valence electrons. The number of benzene rings is 1. The van der Waals surface area contributed by atoms with Crippen LogP contribution in [0.1, 0.15) is 39.7 Å². The van der Waals surface area contributed by atoms with E-state index in [1.54, 1.807) is 23.1 Å². The summed E-state index contributed by atoms with van der Waals surface area (Å²) in [5.74, 6) is 0.0319. The van der Waals surface area contributed by atoms with E-state index in [1.807, 2.05) is 27.7 Å². The van der Waals surface area contributed by atoms with Gasteiger partial charge in [-0.15, -0.1) is 0 Å². The standard InChI is InChI=1S/C19H26BF2NO4/c1-18(2)19(3,4)27-20(26-18)14-9-10-23(12-14)16(24)11-13-7-5-6-8-15(13)25-17(21)22/h5-8,14,17H,9-12H2,1-4H3. The number of likely N-dealkylation sites (tertiary alicyclic amines) is 1. The summed E-state index contributed by atoms with van der Waals surface area (Å²) >= 11 is 0. The molecular formula is C19H26BF2NO4. The molecule has 0 saturated carbocycles. The highest BCUT2D eigenvalue weighted by Crippen LogP contribution is 2.42. The molecule has 2 aliphatic heterocycles. The third-order valence-corrected chi connectivity index (χ3v) is 5.76. The number of carbonyl (C=O) groups excluding carboxylic acids is 1. The minimum Gasteiger partial charge on any atom is -0.435 e. The Labute approximate surface area is 159 Å². The lowest BCUT2D eigenvalue weighted by atomic mass is 9.71. The molecule has 1 unspecified atom stereocenters. The lowest BCUT2D eigenvalue weighted by Gasteiger charge is -2.32. The number of hydrogen-bond donors (Lipinski definition) is 0. The van der Waals surface area contributed by atoms with Gasteiger partial charge in [0, 0.05) is 24.5 Å². The van der Waals surface area contributed by atoms with Gasteiger partial charge in [-0.1, -0.05) is 18.2 Å². The third-order valence-electron chi connectivity index (χ3n) is 5.76. The van der Waals surface area contributed by atoms with Gasteiger partial charge in [-0.3, -0.25) is 4.79 Å². The van der Waals surface area contributed by atoms with Crippen LogP contribution in [0.4, 0.5) is 8.78 Å². The minimum atomic E-state index is -2.92. The number of nitrogens with zero attached hydrogens (tertiary/aromatic N) is 1. The maximum absolute atomic E-state index is 12.7. The highest BCUT2D eigenvalue weighted by molar-refractivity contribution is 6.47. The maximum atomic E-state index is 12.7. The monoisotopic (exact) mass is 381 g/mol. The van der Waals surface area contributed by atoms with E-state index in [4.69, 9.17) is 9.31 Å². The summed E-state index contributed by atoms with van der Waals surface area (Å²) < 4.78 is 41.8. The van der Waals surface area contributed by atoms with E-state index in [-0.39, 0.29) is 31.0 Å². The lowest BCUT2D eigenvalue weighted by molar-refractivity contribution is -0.129. The zero-order valence-corrected chi connectivity index (χ0v) is 16.2. The number of alkyl halides is 2. The Bertz CT molecular complexity index is 682. The van der Waals surface area contributed by atoms with Crippen LogP contribution in [0.3, 0.4) is 0 Å². The van der Waals surface area contributed by atoms with Gasteiger partial charge in [0.25, 0.3) is 0 Å². The van der Waals surface area contributed by atoms with E-state index in [0.717, 1.165) is 6.42 Å². The summed E-state index contributed by atoms with van der Waals surface area (Å²) in [4.78, 5) is 14.4. The number of amides is 1. The van der Waals surface area contributed by atoms with Crippen molar-refractivity contribution in [2.45, 2.75) is 64.2 Å². The quantitative estimate of drug-likeness (QED) is 0.733. The van der Waals surface area contributed by atoms with Crippen LogP contribution < -0.4 is 4.74 Å². The summed E-state index contributed by atoms with van der Waals surface area (Å²) in [5, 5.41) is 0. The highest BCUT2D eigenvalue weighted by atomic mass is 19.3. The average molecular weight is 381 g/mol. The molecule has 0 aromatic heterocycles. The molecule has 2 heterocycles. The zero-order chi connectivity index (χ0) is 19.8. The number of hydrogen-bond acceptors (Lipinski definition) is 4. The van der Waals surface area contributed by atoms with Crippen molar-refractivity contribution < 1.29 is 27.6 Å². The fourth-order valence-corrected chi connectivity index (χ4v) is 3.45. The van der Waals surface area contributed by atoms with E-state index < -0.39 is 17.8 Å². The summed E-state index contributed by atoms with van der Waals surface area (Å²) in [7, 11) is -0.345. The normalized spacial score (nSPS) is 23.9. The van der Waals surface area contributed by atoms with Crippen LogP contribution in [-0.4, -0.2) is 48.8 Å². The molecule has 1 aromatic rings. The van der Waals surface area contributed by atoms with Crippen molar-refractivity contribution in [1.82, 2.24) is 4.90 Å². The van der Waals surface area contributed by atoms with Crippen molar-refractivity contribution in [2.75, 3.05) is 13.1 Å². The van der Waals surface area contributed by atoms with Crippen molar-refractivity contribution in [3.05, 3.63) is 29.8 Å². The topological polar surface area (TPSA) is 48.0 Å². The molecule has 2 aliphatic rings. The molecule has 2 fully saturated rings. The summed E-state index contributed by atoms with van der Waals surface area (Å²) in [6.45, 7) is 6.24. The van der Waals surface area contributed by atoms with Gasteiger partial charge in [0.05, 0.1) is 17.6 Å². The van der Waals surface area contributed by atoms with E-state index in [9.17, 15) is 13.6 Å². The van der Waals surface area contributed by atoms with Crippen LogP contribution in [0.5, 0.6) is 5.75 Å². The molecule has 0 spiro atoms. The number of rotatable bonds is 5. The Morgan fingerprint density at radius 3 is 2.52 bits per heavy atom. The second-order valence-electron chi connectivity index (χ2n) is 8.18. The van der Waals surface area contributed by atoms with Crippen LogP contribution >= 0.6 is 0 Å². The zero-order valence-electron chi connectivity index (χ0n) is 16.2. The van der Waals surface area contributed by atoms with Gasteiger partial charge in [0.2, 0.25) is 5.91 Å². The Balaban J connectivity index is 1.61.